The van der Waals surface area contributed by atoms with Crippen LogP contribution in [0.5, 0.6) is 0 Å². The van der Waals surface area contributed by atoms with Gasteiger partial charge in [0.2, 0.25) is 0 Å². The number of aryl methyl sites for hydroxylation is 2. The lowest BCUT2D eigenvalue weighted by atomic mass is 9.67. The average Bonchev–Trinajstić information content (AvgIpc) is 2.98. The predicted octanol–water partition coefficient (Wildman–Crippen LogP) is 1.14. The summed E-state index contributed by atoms with van der Waals surface area (Å²) in [5, 5.41) is 11.3. The van der Waals surface area contributed by atoms with Crippen LogP contribution in [0.2, 0.25) is 0 Å². The third-order valence-corrected chi connectivity index (χ3v) is 5.98. The van der Waals surface area contributed by atoms with Gasteiger partial charge in [0.1, 0.15) is 5.82 Å². The normalized spacial score (nSPS) is 18.7. The number of ether oxygens (including phenoxy) is 1. The van der Waals surface area contributed by atoms with Crippen molar-refractivity contribution in [2.45, 2.75) is 64.5 Å². The fraction of sp³-hybridized carbons (Fsp3) is 0.842. The summed E-state index contributed by atoms with van der Waals surface area (Å²) in [6.07, 6.45) is 8.89. The van der Waals surface area contributed by atoms with Crippen molar-refractivity contribution < 1.29 is 4.74 Å². The number of fused-ring (bicyclic) bond motifs is 1. The van der Waals surface area contributed by atoms with Crippen LogP contribution in [0.3, 0.4) is 0 Å². The number of hydrogen-bond donors (Lipinski definition) is 2. The standard InChI is InChI=1S/C19H34N6O2/c1-20-17(22-15-19(8-5-9-19)10-14-27-2)21-11-6-13-25-18(26)24-12-4-3-7-16(24)23-25/h3-15H2,1-2H3,(H2,20,21,22). The van der Waals surface area contributed by atoms with E-state index in [1.807, 2.05) is 4.57 Å². The zero-order chi connectivity index (χ0) is 19.1. The van der Waals surface area contributed by atoms with Crippen LogP contribution in [0.1, 0.15) is 50.8 Å². The molecular weight excluding hydrogens is 344 g/mol. The van der Waals surface area contributed by atoms with Crippen LogP contribution in [0, 0.1) is 5.41 Å². The fourth-order valence-corrected chi connectivity index (χ4v) is 4.03. The van der Waals surface area contributed by atoms with Crippen LogP contribution in [-0.4, -0.2) is 54.2 Å². The molecule has 0 radical (unpaired) electrons. The molecule has 1 aliphatic carbocycles. The van der Waals surface area contributed by atoms with Gasteiger partial charge < -0.3 is 15.4 Å². The van der Waals surface area contributed by atoms with E-state index in [1.165, 1.54) is 19.3 Å². The third-order valence-electron chi connectivity index (χ3n) is 5.98. The molecule has 1 aromatic heterocycles. The summed E-state index contributed by atoms with van der Waals surface area (Å²) in [6, 6.07) is 0. The lowest BCUT2D eigenvalue weighted by molar-refractivity contribution is 0.0732. The Morgan fingerprint density at radius 2 is 2.15 bits per heavy atom. The molecule has 0 spiro atoms. The van der Waals surface area contributed by atoms with Gasteiger partial charge in [-0.3, -0.25) is 9.56 Å². The highest BCUT2D eigenvalue weighted by atomic mass is 16.5. The molecule has 2 heterocycles. The van der Waals surface area contributed by atoms with E-state index in [0.717, 1.165) is 70.1 Å². The second-order valence-corrected chi connectivity index (χ2v) is 7.83. The van der Waals surface area contributed by atoms with Crippen molar-refractivity contribution in [1.82, 2.24) is 25.0 Å². The number of guanidine groups is 1. The van der Waals surface area contributed by atoms with Gasteiger partial charge in [0.25, 0.3) is 0 Å². The highest BCUT2D eigenvalue weighted by Crippen LogP contribution is 2.43. The van der Waals surface area contributed by atoms with E-state index < -0.39 is 0 Å². The third kappa shape index (κ3) is 4.91. The van der Waals surface area contributed by atoms with E-state index in [2.05, 4.69) is 20.7 Å². The van der Waals surface area contributed by atoms with Crippen LogP contribution in [-0.2, 0) is 24.2 Å². The fourth-order valence-electron chi connectivity index (χ4n) is 4.03. The molecule has 0 unspecified atom stereocenters. The Morgan fingerprint density at radius 1 is 1.30 bits per heavy atom. The lowest BCUT2D eigenvalue weighted by Crippen LogP contribution is -2.47. The van der Waals surface area contributed by atoms with E-state index in [1.54, 1.807) is 18.8 Å². The minimum absolute atomic E-state index is 0.0391. The Balaban J connectivity index is 1.40. The molecule has 27 heavy (non-hydrogen) atoms. The Hall–Kier alpha value is -1.83. The minimum atomic E-state index is 0.0391. The van der Waals surface area contributed by atoms with Gasteiger partial charge in [-0.1, -0.05) is 6.42 Å². The number of nitrogens with one attached hydrogen (secondary N) is 2. The smallest absolute Gasteiger partial charge is 0.345 e. The van der Waals surface area contributed by atoms with E-state index in [0.29, 0.717) is 12.0 Å². The van der Waals surface area contributed by atoms with Gasteiger partial charge in [-0.2, -0.15) is 5.10 Å². The summed E-state index contributed by atoms with van der Waals surface area (Å²) in [5.74, 6) is 1.77. The molecule has 8 nitrogen and oxygen atoms in total. The quantitative estimate of drug-likeness (QED) is 0.382. The van der Waals surface area contributed by atoms with E-state index in [4.69, 9.17) is 4.74 Å². The van der Waals surface area contributed by atoms with Gasteiger partial charge in [-0.25, -0.2) is 9.48 Å². The summed E-state index contributed by atoms with van der Waals surface area (Å²) in [6.45, 7) is 3.97. The van der Waals surface area contributed by atoms with E-state index >= 15 is 0 Å². The van der Waals surface area contributed by atoms with E-state index in [-0.39, 0.29) is 5.69 Å². The van der Waals surface area contributed by atoms with Gasteiger partial charge >= 0.3 is 5.69 Å². The molecule has 8 heteroatoms. The van der Waals surface area contributed by atoms with Crippen LogP contribution >= 0.6 is 0 Å². The van der Waals surface area contributed by atoms with Crippen molar-refractivity contribution in [3.8, 4) is 0 Å². The molecule has 0 saturated heterocycles. The van der Waals surface area contributed by atoms with Crippen molar-refractivity contribution in [3.05, 3.63) is 16.3 Å². The number of aromatic nitrogens is 3. The predicted molar refractivity (Wildman–Crippen MR) is 106 cm³/mol. The van der Waals surface area contributed by atoms with Gasteiger partial charge in [0.05, 0.1) is 0 Å². The molecule has 2 N–H and O–H groups in total. The van der Waals surface area contributed by atoms with Crippen molar-refractivity contribution in [1.29, 1.82) is 0 Å². The minimum Gasteiger partial charge on any atom is -0.385 e. The highest BCUT2D eigenvalue weighted by Gasteiger charge is 2.36. The maximum absolute atomic E-state index is 12.3. The second-order valence-electron chi connectivity index (χ2n) is 7.83. The molecule has 0 amide bonds. The molecule has 2 aliphatic rings. The molecule has 0 atom stereocenters. The molecule has 3 rings (SSSR count). The number of hydrogen-bond acceptors (Lipinski definition) is 4. The second kappa shape index (κ2) is 9.39. The Kier molecular flexibility index (Phi) is 6.93. The van der Waals surface area contributed by atoms with Gasteiger partial charge in [0.15, 0.2) is 5.96 Å². The summed E-state index contributed by atoms with van der Waals surface area (Å²) >= 11 is 0. The topological polar surface area (TPSA) is 85.5 Å². The van der Waals surface area contributed by atoms with Crippen LogP contribution in [0.4, 0.5) is 0 Å². The summed E-state index contributed by atoms with van der Waals surface area (Å²) in [7, 11) is 3.56. The van der Waals surface area contributed by atoms with Crippen LogP contribution in [0.25, 0.3) is 0 Å². The number of methoxy groups -OCH3 is 1. The molecule has 1 saturated carbocycles. The first-order chi connectivity index (χ1) is 13.2. The molecule has 0 bridgehead atoms. The zero-order valence-electron chi connectivity index (χ0n) is 16.8. The van der Waals surface area contributed by atoms with Gasteiger partial charge in [-0.15, -0.1) is 0 Å². The van der Waals surface area contributed by atoms with Crippen LogP contribution in [0.15, 0.2) is 9.79 Å². The zero-order valence-corrected chi connectivity index (χ0v) is 16.8. The van der Waals surface area contributed by atoms with Crippen molar-refractivity contribution >= 4 is 5.96 Å². The molecular formula is C19H34N6O2. The first-order valence-corrected chi connectivity index (χ1v) is 10.3. The van der Waals surface area contributed by atoms with Crippen molar-refractivity contribution in [2.75, 3.05) is 33.9 Å². The largest absolute Gasteiger partial charge is 0.385 e. The first kappa shape index (κ1) is 19.9. The van der Waals surface area contributed by atoms with Crippen molar-refractivity contribution in [2.24, 2.45) is 10.4 Å². The average molecular weight is 379 g/mol. The SMILES string of the molecule is CN=C(NCCCn1nc2n(c1=O)CCCC2)NCC1(CCOC)CCC1. The van der Waals surface area contributed by atoms with Gasteiger partial charge in [-0.05, 0) is 43.9 Å². The Labute approximate surface area is 161 Å². The summed E-state index contributed by atoms with van der Waals surface area (Å²) in [5.41, 5.74) is 0.397. The molecule has 1 fully saturated rings. The molecule has 1 aliphatic heterocycles. The summed E-state index contributed by atoms with van der Waals surface area (Å²) < 4.78 is 8.71. The van der Waals surface area contributed by atoms with Crippen LogP contribution < -0.4 is 16.3 Å². The van der Waals surface area contributed by atoms with Gasteiger partial charge in [0, 0.05) is 53.4 Å². The number of aliphatic imine (C=N–C) groups is 1. The van der Waals surface area contributed by atoms with Crippen molar-refractivity contribution in [3.63, 3.8) is 0 Å². The maximum atomic E-state index is 12.3. The number of rotatable bonds is 9. The van der Waals surface area contributed by atoms with E-state index in [9.17, 15) is 4.79 Å². The lowest BCUT2D eigenvalue weighted by Gasteiger charge is -2.42. The molecule has 152 valence electrons. The molecule has 1 aromatic rings. The maximum Gasteiger partial charge on any atom is 0.345 e. The first-order valence-electron chi connectivity index (χ1n) is 10.3. The molecule has 0 aromatic carbocycles. The monoisotopic (exact) mass is 378 g/mol. The summed E-state index contributed by atoms with van der Waals surface area (Å²) in [4.78, 5) is 16.7. The Morgan fingerprint density at radius 3 is 2.81 bits per heavy atom. The highest BCUT2D eigenvalue weighted by molar-refractivity contribution is 5.79. The Bertz CT molecular complexity index is 689. The number of nitrogens with zero attached hydrogens (tertiary/aromatic N) is 4.